The van der Waals surface area contributed by atoms with Gasteiger partial charge in [-0.25, -0.2) is 14.1 Å². The molecule has 2 heterocycles. The highest BCUT2D eigenvalue weighted by Crippen LogP contribution is 2.21. The first kappa shape index (κ1) is 10.8. The molecule has 4 heteroatoms. The zero-order chi connectivity index (χ0) is 11.8. The topological polar surface area (TPSA) is 30.7 Å². The van der Waals surface area contributed by atoms with Crippen molar-refractivity contribution >= 4 is 0 Å². The van der Waals surface area contributed by atoms with Crippen molar-refractivity contribution in [1.82, 2.24) is 14.8 Å². The second-order valence-corrected chi connectivity index (χ2v) is 4.76. The lowest BCUT2D eigenvalue weighted by atomic mass is 9.88. The Balaban J connectivity index is 2.33. The van der Waals surface area contributed by atoms with Gasteiger partial charge in [0.15, 0.2) is 11.6 Å². The minimum atomic E-state index is -0.360. The molecule has 2 rings (SSSR count). The van der Waals surface area contributed by atoms with Crippen LogP contribution >= 0.6 is 0 Å². The maximum Gasteiger partial charge on any atom is 0.161 e. The first-order valence-electron chi connectivity index (χ1n) is 5.14. The summed E-state index contributed by atoms with van der Waals surface area (Å²) in [5.41, 5.74) is 1.21. The van der Waals surface area contributed by atoms with E-state index in [9.17, 15) is 4.39 Å². The predicted molar refractivity (Wildman–Crippen MR) is 60.0 cm³/mol. The fraction of sp³-hybridized carbons (Fsp3) is 0.333. The average molecular weight is 219 g/mol. The molecule has 0 saturated carbocycles. The van der Waals surface area contributed by atoms with Crippen molar-refractivity contribution in [2.24, 2.45) is 0 Å². The van der Waals surface area contributed by atoms with Crippen LogP contribution in [0, 0.1) is 5.82 Å². The molecular formula is C12H14FN3. The predicted octanol–water partition coefficient (Wildman–Crippen LogP) is 2.70. The van der Waals surface area contributed by atoms with Gasteiger partial charge in [0.05, 0.1) is 12.4 Å². The molecule has 0 aliphatic carbocycles. The third kappa shape index (κ3) is 2.10. The lowest BCUT2D eigenvalue weighted by Gasteiger charge is -2.18. The van der Waals surface area contributed by atoms with E-state index in [0.717, 1.165) is 5.56 Å². The largest absolute Gasteiger partial charge is 0.237 e. The van der Waals surface area contributed by atoms with Gasteiger partial charge in [-0.05, 0) is 17.0 Å². The molecular weight excluding hydrogens is 205 g/mol. The van der Waals surface area contributed by atoms with Crippen LogP contribution in [0.1, 0.15) is 26.3 Å². The summed E-state index contributed by atoms with van der Waals surface area (Å²) in [5, 5.41) is 3.86. The smallest absolute Gasteiger partial charge is 0.161 e. The molecule has 0 unspecified atom stereocenters. The van der Waals surface area contributed by atoms with E-state index in [1.165, 1.54) is 17.1 Å². The van der Waals surface area contributed by atoms with Gasteiger partial charge < -0.3 is 0 Å². The summed E-state index contributed by atoms with van der Waals surface area (Å²) in [6.07, 6.45) is 4.27. The lowest BCUT2D eigenvalue weighted by molar-refractivity contribution is 0.586. The van der Waals surface area contributed by atoms with Crippen molar-refractivity contribution in [2.75, 3.05) is 0 Å². The van der Waals surface area contributed by atoms with Crippen molar-refractivity contribution in [3.63, 3.8) is 0 Å². The molecule has 0 radical (unpaired) electrons. The monoisotopic (exact) mass is 219 g/mol. The van der Waals surface area contributed by atoms with Crippen molar-refractivity contribution in [2.45, 2.75) is 26.2 Å². The van der Waals surface area contributed by atoms with Crippen LogP contribution in [0.25, 0.3) is 5.82 Å². The molecule has 0 atom stereocenters. The molecule has 0 aromatic carbocycles. The molecule has 0 fully saturated rings. The van der Waals surface area contributed by atoms with Gasteiger partial charge in [-0.1, -0.05) is 26.8 Å². The highest BCUT2D eigenvalue weighted by molar-refractivity contribution is 5.28. The number of hydrogen-bond acceptors (Lipinski definition) is 2. The Hall–Kier alpha value is -1.71. The molecule has 0 amide bonds. The normalized spacial score (nSPS) is 11.8. The number of halogens is 1. The van der Waals surface area contributed by atoms with Gasteiger partial charge in [-0.2, -0.15) is 5.10 Å². The van der Waals surface area contributed by atoms with Crippen LogP contribution in [0.3, 0.4) is 0 Å². The maximum absolute atomic E-state index is 12.8. The van der Waals surface area contributed by atoms with Gasteiger partial charge in [-0.15, -0.1) is 0 Å². The fourth-order valence-electron chi connectivity index (χ4n) is 1.39. The summed E-state index contributed by atoms with van der Waals surface area (Å²) in [6.45, 7) is 6.37. The van der Waals surface area contributed by atoms with E-state index in [4.69, 9.17) is 0 Å². The van der Waals surface area contributed by atoms with E-state index in [-0.39, 0.29) is 11.2 Å². The SMILES string of the molecule is CC(C)(C)c1ccc(-n2cc(F)cn2)nc1. The number of nitrogens with zero attached hydrogens (tertiary/aromatic N) is 3. The van der Waals surface area contributed by atoms with Crippen molar-refractivity contribution in [1.29, 1.82) is 0 Å². The molecule has 0 spiro atoms. The van der Waals surface area contributed by atoms with Crippen molar-refractivity contribution in [3.8, 4) is 5.82 Å². The van der Waals surface area contributed by atoms with E-state index in [0.29, 0.717) is 5.82 Å². The fourth-order valence-corrected chi connectivity index (χ4v) is 1.39. The van der Waals surface area contributed by atoms with Gasteiger partial charge in [0.25, 0.3) is 0 Å². The van der Waals surface area contributed by atoms with E-state index < -0.39 is 0 Å². The summed E-state index contributed by atoms with van der Waals surface area (Å²) in [6, 6.07) is 3.83. The summed E-state index contributed by atoms with van der Waals surface area (Å²) in [5.74, 6) is 0.263. The molecule has 0 saturated heterocycles. The molecule has 0 aliphatic heterocycles. The second-order valence-electron chi connectivity index (χ2n) is 4.76. The molecule has 0 N–H and O–H groups in total. The van der Waals surface area contributed by atoms with E-state index in [1.807, 2.05) is 12.1 Å². The van der Waals surface area contributed by atoms with Crippen LogP contribution in [0.15, 0.2) is 30.7 Å². The van der Waals surface area contributed by atoms with Crippen LogP contribution in [-0.4, -0.2) is 14.8 Å². The Bertz CT molecular complexity index is 480. The van der Waals surface area contributed by atoms with Crippen LogP contribution in [0.4, 0.5) is 4.39 Å². The Morgan fingerprint density at radius 2 is 1.94 bits per heavy atom. The Kier molecular flexibility index (Phi) is 2.50. The van der Waals surface area contributed by atoms with Crippen LogP contribution in [-0.2, 0) is 5.41 Å². The van der Waals surface area contributed by atoms with Gasteiger partial charge in [0.2, 0.25) is 0 Å². The second kappa shape index (κ2) is 3.70. The van der Waals surface area contributed by atoms with Gasteiger partial charge in [-0.3, -0.25) is 0 Å². The Morgan fingerprint density at radius 1 is 1.19 bits per heavy atom. The summed E-state index contributed by atoms with van der Waals surface area (Å²) in [7, 11) is 0. The quantitative estimate of drug-likeness (QED) is 0.738. The standard InChI is InChI=1S/C12H14FN3/c1-12(2,3)9-4-5-11(14-6-9)16-8-10(13)7-15-16/h4-8H,1-3H3. The van der Waals surface area contributed by atoms with Gasteiger partial charge in [0, 0.05) is 6.20 Å². The zero-order valence-corrected chi connectivity index (χ0v) is 9.61. The third-order valence-corrected chi connectivity index (χ3v) is 2.40. The average Bonchev–Trinajstić information content (AvgIpc) is 2.64. The van der Waals surface area contributed by atoms with Crippen LogP contribution in [0.2, 0.25) is 0 Å². The number of pyridine rings is 1. The molecule has 0 aliphatic rings. The maximum atomic E-state index is 12.8. The van der Waals surface area contributed by atoms with E-state index in [2.05, 4.69) is 30.9 Å². The first-order valence-corrected chi connectivity index (χ1v) is 5.14. The first-order chi connectivity index (χ1) is 7.47. The number of aromatic nitrogens is 3. The number of rotatable bonds is 1. The Morgan fingerprint density at radius 3 is 2.38 bits per heavy atom. The molecule has 16 heavy (non-hydrogen) atoms. The summed E-state index contributed by atoms with van der Waals surface area (Å²) >= 11 is 0. The Labute approximate surface area is 93.9 Å². The minimum absolute atomic E-state index is 0.0703. The minimum Gasteiger partial charge on any atom is -0.237 e. The van der Waals surface area contributed by atoms with Gasteiger partial charge in [0.1, 0.15) is 0 Å². The molecule has 2 aromatic rings. The molecule has 2 aromatic heterocycles. The summed E-state index contributed by atoms with van der Waals surface area (Å²) < 4.78 is 14.2. The zero-order valence-electron chi connectivity index (χ0n) is 9.61. The molecule has 84 valence electrons. The number of hydrogen-bond donors (Lipinski definition) is 0. The van der Waals surface area contributed by atoms with E-state index in [1.54, 1.807) is 6.20 Å². The highest BCUT2D eigenvalue weighted by atomic mass is 19.1. The van der Waals surface area contributed by atoms with Crippen molar-refractivity contribution in [3.05, 3.63) is 42.1 Å². The van der Waals surface area contributed by atoms with Crippen LogP contribution < -0.4 is 0 Å². The van der Waals surface area contributed by atoms with E-state index >= 15 is 0 Å². The van der Waals surface area contributed by atoms with Crippen LogP contribution in [0.5, 0.6) is 0 Å². The lowest BCUT2D eigenvalue weighted by Crippen LogP contribution is -2.12. The molecule has 3 nitrogen and oxygen atoms in total. The van der Waals surface area contributed by atoms with Crippen molar-refractivity contribution < 1.29 is 4.39 Å². The summed E-state index contributed by atoms with van der Waals surface area (Å²) in [4.78, 5) is 4.26. The van der Waals surface area contributed by atoms with Gasteiger partial charge >= 0.3 is 0 Å². The molecule has 0 bridgehead atoms. The highest BCUT2D eigenvalue weighted by Gasteiger charge is 2.13. The third-order valence-electron chi connectivity index (χ3n) is 2.40.